The number of halogens is 3. The largest absolute Gasteiger partial charge is 0.464 e. The Bertz CT molecular complexity index is 1090. The fourth-order valence-electron chi connectivity index (χ4n) is 3.88. The van der Waals surface area contributed by atoms with E-state index in [2.05, 4.69) is 26.7 Å². The Morgan fingerprint density at radius 1 is 1.00 bits per heavy atom. The molecule has 2 aliphatic rings. The van der Waals surface area contributed by atoms with Gasteiger partial charge in [-0.05, 0) is 48.0 Å². The topological polar surface area (TPSA) is 34.1 Å². The van der Waals surface area contributed by atoms with Crippen LogP contribution in [0.4, 0.5) is 8.78 Å². The van der Waals surface area contributed by atoms with E-state index in [-0.39, 0.29) is 11.8 Å². The second-order valence-corrected chi connectivity index (χ2v) is 8.02. The molecule has 0 saturated heterocycles. The summed E-state index contributed by atoms with van der Waals surface area (Å²) in [5.74, 6) is 0.922. The van der Waals surface area contributed by atoms with Gasteiger partial charge in [-0.1, -0.05) is 46.3 Å². The molecule has 0 bridgehead atoms. The molecule has 3 aromatic rings. The first-order chi connectivity index (χ1) is 14.6. The number of alkyl halides is 2. The normalized spacial score (nSPS) is 19.7. The zero-order valence-corrected chi connectivity index (χ0v) is 17.3. The van der Waals surface area contributed by atoms with Crippen molar-refractivity contribution in [2.75, 3.05) is 0 Å². The van der Waals surface area contributed by atoms with E-state index in [9.17, 15) is 8.78 Å². The molecular formula is C23H17BrF2N2O2. The fourth-order valence-corrected chi connectivity index (χ4v) is 4.15. The summed E-state index contributed by atoms with van der Waals surface area (Å²) >= 11 is 3.47. The average molecular weight is 471 g/mol. The number of fused-ring (bicyclic) bond motifs is 3. The summed E-state index contributed by atoms with van der Waals surface area (Å²) in [6.07, 6.45) is 0.295. The lowest BCUT2D eigenvalue weighted by Crippen LogP contribution is -2.33. The summed E-state index contributed by atoms with van der Waals surface area (Å²) in [5, 5.41) is 6.86. The number of hydrogen-bond donors (Lipinski definition) is 0. The molecule has 2 heterocycles. The van der Waals surface area contributed by atoms with Crippen LogP contribution in [0, 0.1) is 0 Å². The monoisotopic (exact) mass is 470 g/mol. The van der Waals surface area contributed by atoms with E-state index < -0.39 is 12.8 Å². The standard InChI is InChI=1S/C23H17BrF2N2O2/c24-16-9-5-14(6-10-16)19-13-20-18-3-1-2-4-21(18)30-22(28(20)27-19)15-7-11-17(12-8-15)29-23(25)26/h1-12,20,22-23H,13H2/t20-,22-/m0/s1. The van der Waals surface area contributed by atoms with Gasteiger partial charge in [-0.25, -0.2) is 5.01 Å². The molecule has 0 aliphatic carbocycles. The Balaban J connectivity index is 1.51. The first-order valence-electron chi connectivity index (χ1n) is 9.50. The number of hydrazone groups is 1. The molecule has 0 spiro atoms. The van der Waals surface area contributed by atoms with Gasteiger partial charge in [-0.15, -0.1) is 0 Å². The summed E-state index contributed by atoms with van der Waals surface area (Å²) in [7, 11) is 0. The number of benzene rings is 3. The van der Waals surface area contributed by atoms with Crippen LogP contribution in [0.15, 0.2) is 82.4 Å². The maximum atomic E-state index is 12.5. The molecule has 0 saturated carbocycles. The first-order valence-corrected chi connectivity index (χ1v) is 10.3. The molecule has 0 radical (unpaired) electrons. The van der Waals surface area contributed by atoms with Crippen LogP contribution < -0.4 is 9.47 Å². The molecule has 7 heteroatoms. The second-order valence-electron chi connectivity index (χ2n) is 7.11. The van der Waals surface area contributed by atoms with Crippen molar-refractivity contribution in [2.45, 2.75) is 25.3 Å². The van der Waals surface area contributed by atoms with Gasteiger partial charge in [0.2, 0.25) is 6.23 Å². The highest BCUT2D eigenvalue weighted by molar-refractivity contribution is 9.10. The van der Waals surface area contributed by atoms with Crippen LogP contribution in [0.25, 0.3) is 0 Å². The van der Waals surface area contributed by atoms with E-state index in [4.69, 9.17) is 9.84 Å². The third kappa shape index (κ3) is 3.54. The lowest BCUT2D eigenvalue weighted by Gasteiger charge is -2.38. The smallest absolute Gasteiger partial charge is 0.387 e. The third-order valence-electron chi connectivity index (χ3n) is 5.27. The lowest BCUT2D eigenvalue weighted by atomic mass is 9.96. The molecule has 30 heavy (non-hydrogen) atoms. The molecule has 5 rings (SSSR count). The van der Waals surface area contributed by atoms with Gasteiger partial charge in [0.15, 0.2) is 0 Å². The Morgan fingerprint density at radius 2 is 1.73 bits per heavy atom. The van der Waals surface area contributed by atoms with Crippen molar-refractivity contribution in [1.29, 1.82) is 0 Å². The molecule has 0 unspecified atom stereocenters. The number of hydrogen-bond acceptors (Lipinski definition) is 4. The number of ether oxygens (including phenoxy) is 2. The number of rotatable bonds is 4. The van der Waals surface area contributed by atoms with Crippen molar-refractivity contribution in [2.24, 2.45) is 5.10 Å². The highest BCUT2D eigenvalue weighted by Gasteiger charge is 2.40. The van der Waals surface area contributed by atoms with Crippen molar-refractivity contribution in [3.05, 3.63) is 94.0 Å². The van der Waals surface area contributed by atoms with Gasteiger partial charge in [0.1, 0.15) is 11.5 Å². The Kier molecular flexibility index (Phi) is 4.90. The quantitative estimate of drug-likeness (QED) is 0.449. The zero-order chi connectivity index (χ0) is 20.7. The van der Waals surface area contributed by atoms with Crippen LogP contribution in [0.5, 0.6) is 11.5 Å². The van der Waals surface area contributed by atoms with Gasteiger partial charge in [-0.3, -0.25) is 0 Å². The van der Waals surface area contributed by atoms with Crippen molar-refractivity contribution >= 4 is 21.6 Å². The van der Waals surface area contributed by atoms with E-state index in [0.29, 0.717) is 0 Å². The molecule has 0 aromatic heterocycles. The SMILES string of the molecule is FC(F)Oc1ccc([C@@H]2Oc3ccccc3[C@@H]3CC(c4ccc(Br)cc4)=NN32)cc1. The molecule has 152 valence electrons. The molecule has 0 fully saturated rings. The summed E-state index contributed by atoms with van der Waals surface area (Å²) < 4.78 is 36.7. The van der Waals surface area contributed by atoms with E-state index in [1.807, 2.05) is 47.5 Å². The summed E-state index contributed by atoms with van der Waals surface area (Å²) in [6.45, 7) is -2.85. The van der Waals surface area contributed by atoms with E-state index in [1.165, 1.54) is 12.1 Å². The van der Waals surface area contributed by atoms with Crippen LogP contribution in [0.2, 0.25) is 0 Å². The highest BCUT2D eigenvalue weighted by Crippen LogP contribution is 2.47. The predicted octanol–water partition coefficient (Wildman–Crippen LogP) is 6.29. The van der Waals surface area contributed by atoms with Crippen LogP contribution >= 0.6 is 15.9 Å². The molecule has 2 atom stereocenters. The van der Waals surface area contributed by atoms with Gasteiger partial charge in [0.05, 0.1) is 11.8 Å². The fraction of sp³-hybridized carbons (Fsp3) is 0.174. The third-order valence-corrected chi connectivity index (χ3v) is 5.80. The molecule has 4 nitrogen and oxygen atoms in total. The minimum absolute atomic E-state index is 0.0376. The van der Waals surface area contributed by atoms with E-state index in [0.717, 1.165) is 39.0 Å². The molecular weight excluding hydrogens is 454 g/mol. The Hall–Kier alpha value is -2.93. The number of nitrogens with zero attached hydrogens (tertiary/aromatic N) is 2. The number of para-hydroxylation sites is 1. The van der Waals surface area contributed by atoms with Crippen molar-refractivity contribution in [1.82, 2.24) is 5.01 Å². The van der Waals surface area contributed by atoms with Crippen LogP contribution in [-0.2, 0) is 0 Å². The van der Waals surface area contributed by atoms with Crippen LogP contribution in [0.3, 0.4) is 0 Å². The second kappa shape index (κ2) is 7.72. The van der Waals surface area contributed by atoms with Crippen molar-refractivity contribution in [3.8, 4) is 11.5 Å². The summed E-state index contributed by atoms with van der Waals surface area (Å²) in [5.41, 5.74) is 3.94. The Morgan fingerprint density at radius 3 is 2.47 bits per heavy atom. The van der Waals surface area contributed by atoms with Gasteiger partial charge in [0.25, 0.3) is 0 Å². The van der Waals surface area contributed by atoms with Gasteiger partial charge in [0, 0.05) is 22.0 Å². The maximum absolute atomic E-state index is 12.5. The summed E-state index contributed by atoms with van der Waals surface area (Å²) in [6, 6.07) is 22.6. The molecule has 3 aromatic carbocycles. The molecule has 0 amide bonds. The minimum atomic E-state index is -2.85. The van der Waals surface area contributed by atoms with Crippen LogP contribution in [0.1, 0.15) is 35.4 Å². The molecule has 2 aliphatic heterocycles. The average Bonchev–Trinajstić information content (AvgIpc) is 3.20. The van der Waals surface area contributed by atoms with Crippen LogP contribution in [-0.4, -0.2) is 17.3 Å². The van der Waals surface area contributed by atoms with Gasteiger partial charge in [-0.2, -0.15) is 13.9 Å². The van der Waals surface area contributed by atoms with E-state index in [1.54, 1.807) is 12.1 Å². The zero-order valence-electron chi connectivity index (χ0n) is 15.7. The minimum Gasteiger partial charge on any atom is -0.464 e. The van der Waals surface area contributed by atoms with Gasteiger partial charge >= 0.3 is 6.61 Å². The summed E-state index contributed by atoms with van der Waals surface area (Å²) in [4.78, 5) is 0. The van der Waals surface area contributed by atoms with Gasteiger partial charge < -0.3 is 9.47 Å². The molecule has 0 N–H and O–H groups in total. The van der Waals surface area contributed by atoms with E-state index >= 15 is 0 Å². The Labute approximate surface area is 180 Å². The predicted molar refractivity (Wildman–Crippen MR) is 113 cm³/mol. The lowest BCUT2D eigenvalue weighted by molar-refractivity contribution is -0.0499. The van der Waals surface area contributed by atoms with Crippen molar-refractivity contribution in [3.63, 3.8) is 0 Å². The maximum Gasteiger partial charge on any atom is 0.387 e. The van der Waals surface area contributed by atoms with Crippen molar-refractivity contribution < 1.29 is 18.3 Å². The first kappa shape index (κ1) is 19.1. The highest BCUT2D eigenvalue weighted by atomic mass is 79.9.